The van der Waals surface area contributed by atoms with Crippen molar-refractivity contribution < 1.29 is 22.7 Å². The number of hydrogen-bond donors (Lipinski definition) is 2. The Morgan fingerprint density at radius 3 is 2.40 bits per heavy atom. The maximum atomic E-state index is 12.3. The van der Waals surface area contributed by atoms with Crippen LogP contribution in [-0.4, -0.2) is 34.6 Å². The Morgan fingerprint density at radius 2 is 1.84 bits per heavy atom. The number of primary sulfonamides is 1. The van der Waals surface area contributed by atoms with Crippen LogP contribution in [0.2, 0.25) is 0 Å². The zero-order chi connectivity index (χ0) is 18.4. The molecule has 0 aliphatic carbocycles. The Kier molecular flexibility index (Phi) is 6.54. The van der Waals surface area contributed by atoms with Crippen molar-refractivity contribution in [2.45, 2.75) is 4.90 Å². The molecule has 2 aromatic rings. The van der Waals surface area contributed by atoms with Crippen molar-refractivity contribution in [1.29, 1.82) is 0 Å². The van der Waals surface area contributed by atoms with Gasteiger partial charge in [0.05, 0.1) is 16.0 Å². The number of hydrogen-bond acceptors (Lipinski definition) is 5. The molecule has 1 amide bonds. The zero-order valence-electron chi connectivity index (χ0n) is 13.4. The highest BCUT2D eigenvalue weighted by Crippen LogP contribution is 2.26. The first-order chi connectivity index (χ1) is 11.8. The molecular weight excluding hydrogens is 412 g/mol. The van der Waals surface area contributed by atoms with Crippen molar-refractivity contribution in [3.63, 3.8) is 0 Å². The largest absolute Gasteiger partial charge is 0.490 e. The van der Waals surface area contributed by atoms with E-state index in [0.717, 1.165) is 0 Å². The molecular formula is C16H17BrN2O5S. The molecule has 25 heavy (non-hydrogen) atoms. The lowest BCUT2D eigenvalue weighted by Crippen LogP contribution is -2.14. The van der Waals surface area contributed by atoms with Gasteiger partial charge in [0.1, 0.15) is 12.4 Å². The van der Waals surface area contributed by atoms with Crippen LogP contribution in [0.25, 0.3) is 0 Å². The molecule has 3 N–H and O–H groups in total. The summed E-state index contributed by atoms with van der Waals surface area (Å²) in [6, 6.07) is 10.5. The fourth-order valence-electron chi connectivity index (χ4n) is 1.93. The van der Waals surface area contributed by atoms with E-state index in [2.05, 4.69) is 21.2 Å². The lowest BCUT2D eigenvalue weighted by molar-refractivity contribution is 0.102. The molecule has 7 nitrogen and oxygen atoms in total. The van der Waals surface area contributed by atoms with Gasteiger partial charge in [-0.15, -0.1) is 0 Å². The van der Waals surface area contributed by atoms with Crippen molar-refractivity contribution in [1.82, 2.24) is 0 Å². The van der Waals surface area contributed by atoms with Crippen LogP contribution in [0.1, 0.15) is 10.4 Å². The van der Waals surface area contributed by atoms with Gasteiger partial charge in [0.15, 0.2) is 0 Å². The molecule has 0 bridgehead atoms. The molecule has 0 aliphatic rings. The first-order valence-electron chi connectivity index (χ1n) is 7.17. The van der Waals surface area contributed by atoms with Gasteiger partial charge in [-0.2, -0.15) is 0 Å². The monoisotopic (exact) mass is 428 g/mol. The smallest absolute Gasteiger partial charge is 0.255 e. The number of carbonyl (C=O) groups is 1. The van der Waals surface area contributed by atoms with Crippen LogP contribution in [0, 0.1) is 0 Å². The van der Waals surface area contributed by atoms with Gasteiger partial charge in [0.2, 0.25) is 10.0 Å². The minimum atomic E-state index is -3.76. The zero-order valence-corrected chi connectivity index (χ0v) is 15.8. The van der Waals surface area contributed by atoms with Gasteiger partial charge in [-0.05, 0) is 58.4 Å². The molecule has 2 rings (SSSR count). The second-order valence-electron chi connectivity index (χ2n) is 5.01. The van der Waals surface area contributed by atoms with Crippen molar-refractivity contribution in [3.05, 3.63) is 52.5 Å². The Balaban J connectivity index is 2.06. The number of benzene rings is 2. The van der Waals surface area contributed by atoms with Crippen molar-refractivity contribution in [2.75, 3.05) is 25.6 Å². The van der Waals surface area contributed by atoms with Crippen LogP contribution in [0.3, 0.4) is 0 Å². The van der Waals surface area contributed by atoms with Crippen molar-refractivity contribution in [2.24, 2.45) is 5.14 Å². The quantitative estimate of drug-likeness (QED) is 0.658. The SMILES string of the molecule is COCCOc1ccc(C(=O)Nc2ccc(S(N)(=O)=O)cc2)cc1Br. The van der Waals surface area contributed by atoms with E-state index in [0.29, 0.717) is 34.7 Å². The highest BCUT2D eigenvalue weighted by Gasteiger charge is 2.11. The number of nitrogens with one attached hydrogen (secondary N) is 1. The summed E-state index contributed by atoms with van der Waals surface area (Å²) in [6.45, 7) is 0.861. The van der Waals surface area contributed by atoms with E-state index in [-0.39, 0.29) is 10.8 Å². The third kappa shape index (κ3) is 5.53. The predicted octanol–water partition coefficient (Wildman–Crippen LogP) is 2.37. The summed E-state index contributed by atoms with van der Waals surface area (Å²) < 4.78 is 33.5. The summed E-state index contributed by atoms with van der Waals surface area (Å²) in [4.78, 5) is 12.3. The molecule has 134 valence electrons. The average molecular weight is 429 g/mol. The number of ether oxygens (including phenoxy) is 2. The Bertz CT molecular complexity index is 853. The van der Waals surface area contributed by atoms with Crippen molar-refractivity contribution in [3.8, 4) is 5.75 Å². The van der Waals surface area contributed by atoms with E-state index < -0.39 is 10.0 Å². The molecule has 9 heteroatoms. The summed E-state index contributed by atoms with van der Waals surface area (Å²) in [7, 11) is -2.18. The van der Waals surface area contributed by atoms with E-state index in [1.54, 1.807) is 25.3 Å². The lowest BCUT2D eigenvalue weighted by Gasteiger charge is -2.10. The Labute approximate surface area is 154 Å². The van der Waals surface area contributed by atoms with Crippen LogP contribution in [0.5, 0.6) is 5.75 Å². The summed E-state index contributed by atoms with van der Waals surface area (Å²) in [6.07, 6.45) is 0. The van der Waals surface area contributed by atoms with Crippen LogP contribution in [0.15, 0.2) is 51.8 Å². The lowest BCUT2D eigenvalue weighted by atomic mass is 10.2. The second kappa shape index (κ2) is 8.43. The molecule has 0 fully saturated rings. The molecule has 0 radical (unpaired) electrons. The van der Waals surface area contributed by atoms with E-state index in [1.807, 2.05) is 0 Å². The first kappa shape index (κ1) is 19.4. The molecule has 0 aliphatic heterocycles. The van der Waals surface area contributed by atoms with E-state index in [4.69, 9.17) is 14.6 Å². The van der Waals surface area contributed by atoms with Gasteiger partial charge in [-0.3, -0.25) is 4.79 Å². The summed E-state index contributed by atoms with van der Waals surface area (Å²) in [5, 5.41) is 7.71. The standard InChI is InChI=1S/C16H17BrN2O5S/c1-23-8-9-24-15-7-2-11(10-14(15)17)16(20)19-12-3-5-13(6-4-12)25(18,21)22/h2-7,10H,8-9H2,1H3,(H,19,20)(H2,18,21,22). The topological polar surface area (TPSA) is 108 Å². The Morgan fingerprint density at radius 1 is 1.16 bits per heavy atom. The fourth-order valence-corrected chi connectivity index (χ4v) is 2.93. The number of halogens is 1. The summed E-state index contributed by atoms with van der Waals surface area (Å²) in [5.41, 5.74) is 0.871. The number of sulfonamides is 1. The van der Waals surface area contributed by atoms with E-state index in [9.17, 15) is 13.2 Å². The number of methoxy groups -OCH3 is 1. The maximum Gasteiger partial charge on any atom is 0.255 e. The van der Waals surface area contributed by atoms with E-state index in [1.165, 1.54) is 24.3 Å². The van der Waals surface area contributed by atoms with Crippen LogP contribution < -0.4 is 15.2 Å². The first-order valence-corrected chi connectivity index (χ1v) is 9.50. The van der Waals surface area contributed by atoms with Gasteiger partial charge >= 0.3 is 0 Å². The van der Waals surface area contributed by atoms with Crippen molar-refractivity contribution >= 4 is 37.5 Å². The number of rotatable bonds is 7. The van der Waals surface area contributed by atoms with Gasteiger partial charge in [0, 0.05) is 18.4 Å². The van der Waals surface area contributed by atoms with Gasteiger partial charge in [-0.25, -0.2) is 13.6 Å². The van der Waals surface area contributed by atoms with Crippen LogP contribution in [-0.2, 0) is 14.8 Å². The molecule has 0 unspecified atom stereocenters. The molecule has 0 heterocycles. The van der Waals surface area contributed by atoms with E-state index >= 15 is 0 Å². The minimum Gasteiger partial charge on any atom is -0.490 e. The maximum absolute atomic E-state index is 12.3. The van der Waals surface area contributed by atoms with Gasteiger partial charge in [-0.1, -0.05) is 0 Å². The molecule has 2 aromatic carbocycles. The summed E-state index contributed by atoms with van der Waals surface area (Å²) in [5.74, 6) is 0.263. The van der Waals surface area contributed by atoms with Crippen LogP contribution in [0.4, 0.5) is 5.69 Å². The molecule has 0 atom stereocenters. The third-order valence-electron chi connectivity index (χ3n) is 3.18. The molecule has 0 aromatic heterocycles. The third-order valence-corrected chi connectivity index (χ3v) is 4.73. The predicted molar refractivity (Wildman–Crippen MR) is 97.3 cm³/mol. The number of anilines is 1. The molecule has 0 saturated heterocycles. The number of nitrogens with two attached hydrogens (primary N) is 1. The second-order valence-corrected chi connectivity index (χ2v) is 7.43. The number of carbonyl (C=O) groups excluding carboxylic acids is 1. The van der Waals surface area contributed by atoms with Gasteiger partial charge in [0.25, 0.3) is 5.91 Å². The van der Waals surface area contributed by atoms with Gasteiger partial charge < -0.3 is 14.8 Å². The Hall–Kier alpha value is -1.94. The highest BCUT2D eigenvalue weighted by molar-refractivity contribution is 9.10. The molecule has 0 saturated carbocycles. The fraction of sp³-hybridized carbons (Fsp3) is 0.188. The minimum absolute atomic E-state index is 0.0224. The normalized spacial score (nSPS) is 11.2. The molecule has 0 spiro atoms. The average Bonchev–Trinajstić information content (AvgIpc) is 2.56. The van der Waals surface area contributed by atoms with Crippen LogP contribution >= 0.6 is 15.9 Å². The summed E-state index contributed by atoms with van der Waals surface area (Å²) >= 11 is 3.36. The number of amides is 1. The highest BCUT2D eigenvalue weighted by atomic mass is 79.9.